The van der Waals surface area contributed by atoms with Crippen molar-refractivity contribution in [3.8, 4) is 0 Å². The van der Waals surface area contributed by atoms with Crippen LogP contribution in [0.5, 0.6) is 0 Å². The molecule has 1 N–H and O–H groups in total. The van der Waals surface area contributed by atoms with Crippen LogP contribution in [0.2, 0.25) is 0 Å². The van der Waals surface area contributed by atoms with E-state index in [-0.39, 0.29) is 5.91 Å². The molecule has 1 aliphatic carbocycles. The molecule has 0 aromatic carbocycles. The Morgan fingerprint density at radius 3 is 2.73 bits per heavy atom. The number of carbonyl (C=O) groups excluding carboxylic acids is 1. The van der Waals surface area contributed by atoms with Crippen LogP contribution in [-0.4, -0.2) is 83.7 Å². The number of piperazine rings is 1. The molecule has 0 atom stereocenters. The lowest BCUT2D eigenvalue weighted by atomic mass is 10.0. The zero-order valence-corrected chi connectivity index (χ0v) is 21.9. The minimum atomic E-state index is -0.0419. The quantitative estimate of drug-likeness (QED) is 0.566. The molecule has 5 rings (SSSR count). The fourth-order valence-corrected chi connectivity index (χ4v) is 5.01. The Morgan fingerprint density at radius 1 is 1.27 bits per heavy atom. The third-order valence-corrected chi connectivity index (χ3v) is 7.13. The fourth-order valence-electron chi connectivity index (χ4n) is 4.71. The molecule has 3 aliphatic rings. The van der Waals surface area contributed by atoms with E-state index < -0.39 is 0 Å². The summed E-state index contributed by atoms with van der Waals surface area (Å²) in [6.45, 7) is 7.41. The molecular weight excluding hydrogens is 496 g/mol. The van der Waals surface area contributed by atoms with Crippen LogP contribution in [0.4, 0.5) is 0 Å². The summed E-state index contributed by atoms with van der Waals surface area (Å²) in [5, 5.41) is 9.43. The van der Waals surface area contributed by atoms with Crippen molar-refractivity contribution in [2.45, 2.75) is 19.5 Å². The van der Waals surface area contributed by atoms with E-state index in [1.807, 2.05) is 0 Å². The first-order valence-electron chi connectivity index (χ1n) is 12.0. The molecule has 4 heterocycles. The maximum atomic E-state index is 11.9. The van der Waals surface area contributed by atoms with Gasteiger partial charge in [0, 0.05) is 63.1 Å². The molecule has 0 unspecified atom stereocenters. The molecule has 12 heteroatoms. The molecule has 1 amide bonds. The van der Waals surface area contributed by atoms with E-state index in [4.69, 9.17) is 31.2 Å². The van der Waals surface area contributed by atoms with Crippen molar-refractivity contribution in [1.29, 1.82) is 0 Å². The number of aromatic nitrogens is 3. The standard InChI is InChI=1S/C25H29ClN8O3/c1-5-21(35)33-8-6-32(7-9-33)14-20-29-24-18(17-11-16(36-3)12-19(37-4)22(17)26)10-15-13-28-25(27-2)30-23(15)34(24)31-20/h5,10,12H,1,6-9,11,13-14H2,2-4H3,(H,27,28). The summed E-state index contributed by atoms with van der Waals surface area (Å²) in [6, 6.07) is 2.05. The first-order chi connectivity index (χ1) is 17.9. The third-order valence-electron chi connectivity index (χ3n) is 6.71. The Bertz CT molecular complexity index is 1480. The number of pyridine rings is 1. The van der Waals surface area contributed by atoms with E-state index in [1.54, 1.807) is 36.8 Å². The van der Waals surface area contributed by atoms with Crippen molar-refractivity contribution < 1.29 is 14.3 Å². The maximum absolute atomic E-state index is 11.9. The van der Waals surface area contributed by atoms with Gasteiger partial charge in [-0.3, -0.25) is 14.7 Å². The zero-order chi connectivity index (χ0) is 26.1. The highest BCUT2D eigenvalue weighted by Gasteiger charge is 2.24. The second-order valence-electron chi connectivity index (χ2n) is 8.84. The smallest absolute Gasteiger partial charge is 0.246 e. The fraction of sp³-hybridized carbons (Fsp3) is 0.400. The highest BCUT2D eigenvalue weighted by molar-refractivity contribution is 6.36. The minimum Gasteiger partial charge on any atom is -0.501 e. The van der Waals surface area contributed by atoms with Crippen molar-refractivity contribution in [2.24, 2.45) is 9.98 Å². The number of allylic oxidation sites excluding steroid dienone is 3. The van der Waals surface area contributed by atoms with Crippen molar-refractivity contribution in [2.75, 3.05) is 47.4 Å². The number of nitrogens with one attached hydrogen (secondary N) is 1. The molecule has 0 spiro atoms. The molecule has 2 aliphatic heterocycles. The lowest BCUT2D eigenvalue weighted by Gasteiger charge is -2.33. The van der Waals surface area contributed by atoms with E-state index in [9.17, 15) is 4.79 Å². The lowest BCUT2D eigenvalue weighted by molar-refractivity contribution is -0.127. The average molecular weight is 525 g/mol. The molecule has 2 aromatic heterocycles. The number of halogens is 1. The average Bonchev–Trinajstić information content (AvgIpc) is 3.36. The van der Waals surface area contributed by atoms with E-state index in [1.165, 1.54) is 6.08 Å². The first kappa shape index (κ1) is 25.0. The van der Waals surface area contributed by atoms with Crippen LogP contribution in [0.15, 0.2) is 51.3 Å². The molecule has 1 fully saturated rings. The van der Waals surface area contributed by atoms with Gasteiger partial charge < -0.3 is 19.7 Å². The van der Waals surface area contributed by atoms with Gasteiger partial charge >= 0.3 is 0 Å². The van der Waals surface area contributed by atoms with E-state index in [0.717, 1.165) is 35.2 Å². The number of guanidine groups is 1. The predicted molar refractivity (Wildman–Crippen MR) is 139 cm³/mol. The van der Waals surface area contributed by atoms with Gasteiger partial charge in [-0.15, -0.1) is 5.10 Å². The Hall–Kier alpha value is -3.70. The molecule has 0 saturated carbocycles. The predicted octanol–water partition coefficient (Wildman–Crippen LogP) is 0.450. The van der Waals surface area contributed by atoms with Crippen LogP contribution in [0.1, 0.15) is 17.8 Å². The van der Waals surface area contributed by atoms with Gasteiger partial charge in [-0.1, -0.05) is 18.2 Å². The summed E-state index contributed by atoms with van der Waals surface area (Å²) in [4.78, 5) is 29.8. The molecule has 0 radical (unpaired) electrons. The highest BCUT2D eigenvalue weighted by Crippen LogP contribution is 2.33. The van der Waals surface area contributed by atoms with Gasteiger partial charge in [-0.25, -0.2) is 4.98 Å². The SMILES string of the molecule is C=CC(=O)N1CCN(Cc2nc3c(=C4CC(OC)=CC(OC)=C4Cl)cc4c(n3n2)=NC(=NC)NC4)CC1. The van der Waals surface area contributed by atoms with Crippen molar-refractivity contribution in [3.05, 3.63) is 63.4 Å². The van der Waals surface area contributed by atoms with E-state index in [2.05, 4.69) is 32.8 Å². The number of hydrogen-bond donors (Lipinski definition) is 1. The van der Waals surface area contributed by atoms with Crippen molar-refractivity contribution in [1.82, 2.24) is 29.7 Å². The van der Waals surface area contributed by atoms with Crippen LogP contribution in [0.25, 0.3) is 11.2 Å². The number of aliphatic imine (C=N–C) groups is 1. The Labute approximate surface area is 219 Å². The number of methoxy groups -OCH3 is 2. The summed E-state index contributed by atoms with van der Waals surface area (Å²) in [7, 11) is 4.91. The summed E-state index contributed by atoms with van der Waals surface area (Å²) in [5.41, 5.74) is 3.13. The van der Waals surface area contributed by atoms with Crippen LogP contribution in [-0.2, 0) is 27.4 Å². The second-order valence-corrected chi connectivity index (χ2v) is 9.22. The minimum absolute atomic E-state index is 0.0419. The molecule has 37 heavy (non-hydrogen) atoms. The molecule has 2 aromatic rings. The monoisotopic (exact) mass is 524 g/mol. The van der Waals surface area contributed by atoms with Gasteiger partial charge in [0.15, 0.2) is 17.0 Å². The number of rotatable bonds is 5. The molecular formula is C25H29ClN8O3. The van der Waals surface area contributed by atoms with Gasteiger partial charge in [-0.2, -0.15) is 9.51 Å². The van der Waals surface area contributed by atoms with Crippen LogP contribution < -0.4 is 16.0 Å². The van der Waals surface area contributed by atoms with Gasteiger partial charge in [-0.05, 0) is 17.7 Å². The highest BCUT2D eigenvalue weighted by atomic mass is 35.5. The van der Waals surface area contributed by atoms with Gasteiger partial charge in [0.2, 0.25) is 11.9 Å². The number of fused-ring (bicyclic) bond motifs is 3. The zero-order valence-electron chi connectivity index (χ0n) is 21.1. The third kappa shape index (κ3) is 4.72. The summed E-state index contributed by atoms with van der Waals surface area (Å²) in [6.07, 6.45) is 3.65. The lowest BCUT2D eigenvalue weighted by Crippen LogP contribution is -2.47. The van der Waals surface area contributed by atoms with E-state index in [0.29, 0.717) is 66.3 Å². The number of ether oxygens (including phenoxy) is 2. The van der Waals surface area contributed by atoms with Gasteiger partial charge in [0.05, 0.1) is 25.8 Å². The summed E-state index contributed by atoms with van der Waals surface area (Å²) in [5.74, 6) is 2.43. The number of hydrogen-bond acceptors (Lipinski definition) is 7. The largest absolute Gasteiger partial charge is 0.501 e. The number of nitrogens with zero attached hydrogens (tertiary/aromatic N) is 7. The molecule has 11 nitrogen and oxygen atoms in total. The van der Waals surface area contributed by atoms with Gasteiger partial charge in [0.25, 0.3) is 0 Å². The maximum Gasteiger partial charge on any atom is 0.246 e. The Kier molecular flexibility index (Phi) is 6.98. The first-order valence-corrected chi connectivity index (χ1v) is 12.4. The topological polar surface area (TPSA) is 109 Å². The summed E-state index contributed by atoms with van der Waals surface area (Å²) < 4.78 is 12.8. The van der Waals surface area contributed by atoms with Crippen LogP contribution in [0, 0.1) is 0 Å². The second kappa shape index (κ2) is 10.3. The number of amides is 1. The Balaban J connectivity index is 1.62. The molecule has 1 saturated heterocycles. The van der Waals surface area contributed by atoms with Crippen molar-refractivity contribution in [3.63, 3.8) is 0 Å². The van der Waals surface area contributed by atoms with E-state index >= 15 is 0 Å². The molecule has 0 bridgehead atoms. The Morgan fingerprint density at radius 2 is 2.05 bits per heavy atom. The van der Waals surface area contributed by atoms with Crippen LogP contribution in [0.3, 0.4) is 0 Å². The van der Waals surface area contributed by atoms with Crippen LogP contribution >= 0.6 is 11.6 Å². The van der Waals surface area contributed by atoms with Gasteiger partial charge in [0.1, 0.15) is 11.5 Å². The number of carbonyl (C=O) groups is 1. The van der Waals surface area contributed by atoms with Crippen molar-refractivity contribution >= 4 is 34.7 Å². The molecule has 194 valence electrons. The summed E-state index contributed by atoms with van der Waals surface area (Å²) >= 11 is 6.80. The normalized spacial score (nSPS) is 20.8.